The van der Waals surface area contributed by atoms with Crippen LogP contribution in [0.15, 0.2) is 24.3 Å². The van der Waals surface area contributed by atoms with Gasteiger partial charge in [0, 0.05) is 110 Å². The molecule has 0 spiro atoms. The molecule has 0 aromatic heterocycles. The highest BCUT2D eigenvalue weighted by atomic mass is 16.6. The van der Waals surface area contributed by atoms with E-state index in [1.807, 2.05) is 79.3 Å². The predicted octanol–water partition coefficient (Wildman–Crippen LogP) is 6.52. The minimum Gasteiger partial charge on any atom is -0.459 e. The van der Waals surface area contributed by atoms with E-state index in [2.05, 4.69) is 86.8 Å². The quantitative estimate of drug-likeness (QED) is 0.0583. The van der Waals surface area contributed by atoms with Crippen LogP contribution < -0.4 is 0 Å². The van der Waals surface area contributed by atoms with E-state index in [-0.39, 0.29) is 77.0 Å². The number of benzene rings is 1. The molecule has 0 amide bonds. The molecule has 1 aliphatic heterocycles. The molecule has 1 aromatic carbocycles. The maximum Gasteiger partial charge on any atom is 0.373 e. The molecule has 0 aliphatic carbocycles. The topological polar surface area (TPSA) is 244 Å². The molecular formula is C57H99N7O14. The van der Waals surface area contributed by atoms with Crippen molar-refractivity contribution in [3.05, 3.63) is 39.9 Å². The van der Waals surface area contributed by atoms with Crippen LogP contribution >= 0.6 is 0 Å². The fourth-order valence-electron chi connectivity index (χ4n) is 8.68. The van der Waals surface area contributed by atoms with Crippen LogP contribution in [0.2, 0.25) is 0 Å². The summed E-state index contributed by atoms with van der Waals surface area (Å²) in [4.78, 5) is 114. The zero-order chi connectivity index (χ0) is 60.7. The third-order valence-electron chi connectivity index (χ3n) is 11.2. The fourth-order valence-corrected chi connectivity index (χ4v) is 8.68. The average molecular weight is 1110 g/mol. The minimum atomic E-state index is -0.661. The van der Waals surface area contributed by atoms with E-state index >= 15 is 0 Å². The molecule has 2 rings (SSSR count). The van der Waals surface area contributed by atoms with Crippen LogP contribution in [0.5, 0.6) is 0 Å². The zero-order valence-corrected chi connectivity index (χ0v) is 50.9. The zero-order valence-electron chi connectivity index (χ0n) is 50.9. The minimum absolute atomic E-state index is 0.0396. The summed E-state index contributed by atoms with van der Waals surface area (Å²) in [7, 11) is 0. The summed E-state index contributed by atoms with van der Waals surface area (Å²) < 4.78 is 17.3. The van der Waals surface area contributed by atoms with Crippen molar-refractivity contribution in [3.8, 4) is 0 Å². The van der Waals surface area contributed by atoms with E-state index in [4.69, 9.17) is 43.0 Å². The first-order chi connectivity index (χ1) is 35.7. The third kappa shape index (κ3) is 42.9. The number of esters is 3. The third-order valence-corrected chi connectivity index (χ3v) is 11.2. The molecule has 1 unspecified atom stereocenters. The number of hydrogen-bond donors (Lipinski definition) is 0. The highest BCUT2D eigenvalue weighted by Crippen LogP contribution is 2.26. The van der Waals surface area contributed by atoms with Crippen LogP contribution in [-0.4, -0.2) is 205 Å². The van der Waals surface area contributed by atoms with Gasteiger partial charge in [0.15, 0.2) is 0 Å². The van der Waals surface area contributed by atoms with Crippen LogP contribution in [0.4, 0.5) is 5.69 Å². The maximum absolute atomic E-state index is 13.5. The number of nitrogens with zero attached hydrogens (tertiary/aromatic N) is 7. The Morgan fingerprint density at radius 1 is 0.564 bits per heavy atom. The van der Waals surface area contributed by atoms with Gasteiger partial charge < -0.3 is 19.1 Å². The standard InChI is InChI=1S/C54H99N7O8.3CO2/c1-49(2,3)40-58-33-27-55(28-35-59(38-47(63)68-53(13,14)15)39-48(64)69-54(16,17)18)26-29-57(37-46(62)67-52(10,11)12)31-30-56(32-34-58)36-45(60(41-50(4,5)6)42-51(7,8)9)21-19-20-43-22-24-44(25-23-43)61(65)66;3*2-1-3/h22-25,45H,19-21,26-42H2,1-18H3;;;. The van der Waals surface area contributed by atoms with Gasteiger partial charge in [-0.15, -0.1) is 0 Å². The summed E-state index contributed by atoms with van der Waals surface area (Å²) in [6.45, 7) is 48.4. The van der Waals surface area contributed by atoms with Crippen molar-refractivity contribution in [1.29, 1.82) is 0 Å². The summed E-state index contributed by atoms with van der Waals surface area (Å²) in [5, 5.41) is 11.4. The van der Waals surface area contributed by atoms with E-state index in [9.17, 15) is 24.5 Å². The molecule has 0 radical (unpaired) electrons. The van der Waals surface area contributed by atoms with Crippen LogP contribution in [0, 0.1) is 26.4 Å². The molecule has 1 saturated heterocycles. The first-order valence-corrected chi connectivity index (χ1v) is 26.9. The first-order valence-electron chi connectivity index (χ1n) is 26.9. The largest absolute Gasteiger partial charge is 0.459 e. The van der Waals surface area contributed by atoms with E-state index in [1.54, 1.807) is 12.1 Å². The molecule has 1 heterocycles. The molecule has 21 heteroatoms. The van der Waals surface area contributed by atoms with Gasteiger partial charge in [0.05, 0.1) is 24.6 Å². The Morgan fingerprint density at radius 3 is 1.31 bits per heavy atom. The summed E-state index contributed by atoms with van der Waals surface area (Å²) in [6.07, 6.45) is 3.51. The molecule has 1 fully saturated rings. The molecular weight excluding hydrogens is 1010 g/mol. The van der Waals surface area contributed by atoms with Crippen LogP contribution in [0.1, 0.15) is 143 Å². The van der Waals surface area contributed by atoms with Crippen molar-refractivity contribution >= 4 is 42.0 Å². The molecule has 1 aliphatic rings. The summed E-state index contributed by atoms with van der Waals surface area (Å²) in [5.74, 6) is -1.04. The molecule has 1 atom stereocenters. The highest BCUT2D eigenvalue weighted by Gasteiger charge is 2.31. The van der Waals surface area contributed by atoms with Crippen molar-refractivity contribution < 1.29 is 62.3 Å². The van der Waals surface area contributed by atoms with Gasteiger partial charge >= 0.3 is 36.4 Å². The van der Waals surface area contributed by atoms with Crippen molar-refractivity contribution in [3.63, 3.8) is 0 Å². The Bertz CT molecular complexity index is 1930. The molecule has 78 heavy (non-hydrogen) atoms. The smallest absolute Gasteiger partial charge is 0.373 e. The monoisotopic (exact) mass is 1110 g/mol. The van der Waals surface area contributed by atoms with Gasteiger partial charge in [0.1, 0.15) is 16.8 Å². The number of carbonyl (C=O) groups is 3. The van der Waals surface area contributed by atoms with Gasteiger partial charge in [-0.1, -0.05) is 74.4 Å². The average Bonchev–Trinajstić information content (AvgIpc) is 3.22. The van der Waals surface area contributed by atoms with Gasteiger partial charge in [-0.2, -0.15) is 28.8 Å². The Kier molecular flexibility index (Phi) is 34.8. The van der Waals surface area contributed by atoms with Crippen molar-refractivity contribution in [2.45, 2.75) is 167 Å². The number of non-ortho nitro benzene ring substituents is 1. The van der Waals surface area contributed by atoms with Gasteiger partial charge in [-0.05, 0) is 103 Å². The lowest BCUT2D eigenvalue weighted by molar-refractivity contribution is -0.384. The number of rotatable bonds is 20. The number of carbonyl (C=O) groups excluding carboxylic acids is 9. The summed E-state index contributed by atoms with van der Waals surface area (Å²) in [6, 6.07) is 7.24. The predicted molar refractivity (Wildman–Crippen MR) is 295 cm³/mol. The van der Waals surface area contributed by atoms with Gasteiger partial charge in [0.2, 0.25) is 0 Å². The number of nitro groups is 1. The molecule has 0 bridgehead atoms. The second-order valence-corrected chi connectivity index (χ2v) is 26.5. The first kappa shape index (κ1) is 75.0. The van der Waals surface area contributed by atoms with Gasteiger partial charge in [-0.25, -0.2) is 0 Å². The lowest BCUT2D eigenvalue weighted by Crippen LogP contribution is -2.53. The second-order valence-electron chi connectivity index (χ2n) is 26.5. The van der Waals surface area contributed by atoms with Crippen LogP contribution in [-0.2, 0) is 63.8 Å². The number of nitro benzene ring substituents is 1. The lowest BCUT2D eigenvalue weighted by atomic mass is 9.90. The Morgan fingerprint density at radius 2 is 0.936 bits per heavy atom. The van der Waals surface area contributed by atoms with Crippen molar-refractivity contribution in [1.82, 2.24) is 29.4 Å². The van der Waals surface area contributed by atoms with Crippen molar-refractivity contribution in [2.75, 3.05) is 111 Å². The molecule has 446 valence electrons. The van der Waals surface area contributed by atoms with E-state index in [0.717, 1.165) is 83.7 Å². The lowest BCUT2D eigenvalue weighted by Gasteiger charge is -2.43. The van der Waals surface area contributed by atoms with Gasteiger partial charge in [0.25, 0.3) is 5.69 Å². The van der Waals surface area contributed by atoms with Gasteiger partial charge in [-0.3, -0.25) is 49.0 Å². The summed E-state index contributed by atoms with van der Waals surface area (Å²) in [5.41, 5.74) is -0.512. The van der Waals surface area contributed by atoms with E-state index in [0.29, 0.717) is 32.7 Å². The van der Waals surface area contributed by atoms with Crippen LogP contribution in [0.3, 0.4) is 0 Å². The number of hydrogen-bond acceptors (Lipinski definition) is 20. The Labute approximate surface area is 466 Å². The van der Waals surface area contributed by atoms with Crippen LogP contribution in [0.25, 0.3) is 0 Å². The molecule has 21 nitrogen and oxygen atoms in total. The Balaban J connectivity index is 0. The molecule has 0 saturated carbocycles. The highest BCUT2D eigenvalue weighted by molar-refractivity contribution is 5.75. The normalized spacial score (nSPS) is 15.4. The molecule has 0 N–H and O–H groups in total. The van der Waals surface area contributed by atoms with Crippen molar-refractivity contribution in [2.24, 2.45) is 16.2 Å². The number of aryl methyl sites for hydroxylation is 1. The SMILES string of the molecule is CC(C)(C)CN1CCN(CCN(CC(=O)OC(C)(C)C)CC(=O)OC(C)(C)C)CCN(CC(=O)OC(C)(C)C)CCN(CC(CCCc2ccc([N+](=O)[O-])cc2)N(CC(C)(C)C)CC(C)(C)C)CC1.O=C=O.O=C=O.O=C=O. The molecule has 1 aromatic rings. The summed E-state index contributed by atoms with van der Waals surface area (Å²) >= 11 is 0. The Hall–Kier alpha value is -5.07. The maximum atomic E-state index is 13.5. The fraction of sp³-hybridized carbons (Fsp3) is 0.789. The van der Waals surface area contributed by atoms with E-state index in [1.165, 1.54) is 0 Å². The second kappa shape index (κ2) is 36.2. The van der Waals surface area contributed by atoms with E-state index < -0.39 is 28.7 Å². The number of ether oxygens (including phenoxy) is 3.